The van der Waals surface area contributed by atoms with Crippen molar-refractivity contribution < 1.29 is 9.53 Å². The van der Waals surface area contributed by atoms with Crippen LogP contribution in [-0.4, -0.2) is 43.3 Å². The molecule has 4 aromatic rings. The van der Waals surface area contributed by atoms with Crippen molar-refractivity contribution in [2.45, 2.75) is 25.2 Å². The molecule has 0 bridgehead atoms. The van der Waals surface area contributed by atoms with E-state index in [1.807, 2.05) is 79.3 Å². The van der Waals surface area contributed by atoms with Gasteiger partial charge < -0.3 is 14.6 Å². The lowest BCUT2D eigenvalue weighted by Gasteiger charge is -2.08. The first kappa shape index (κ1) is 22.6. The second-order valence-corrected chi connectivity index (χ2v) is 8.34. The highest BCUT2D eigenvalue weighted by Crippen LogP contribution is 2.33. The van der Waals surface area contributed by atoms with Gasteiger partial charge >= 0.3 is 0 Å². The predicted molar refractivity (Wildman–Crippen MR) is 129 cm³/mol. The Kier molecular flexibility index (Phi) is 7.09. The largest absolute Gasteiger partial charge is 0.497 e. The van der Waals surface area contributed by atoms with Gasteiger partial charge in [-0.05, 0) is 24.6 Å². The molecular weight excluding hydrogens is 436 g/mol. The number of ether oxygens (including phenoxy) is 1. The van der Waals surface area contributed by atoms with Crippen LogP contribution in [0.4, 0.5) is 0 Å². The van der Waals surface area contributed by atoms with E-state index in [4.69, 9.17) is 4.74 Å². The number of aromatic nitrogens is 5. The van der Waals surface area contributed by atoms with Crippen molar-refractivity contribution in [1.29, 1.82) is 0 Å². The number of amides is 1. The van der Waals surface area contributed by atoms with Crippen LogP contribution in [0.3, 0.4) is 0 Å². The Labute approximate surface area is 197 Å². The van der Waals surface area contributed by atoms with E-state index in [2.05, 4.69) is 20.6 Å². The molecule has 0 spiro atoms. The first-order valence-electron chi connectivity index (χ1n) is 10.6. The summed E-state index contributed by atoms with van der Waals surface area (Å²) in [6, 6.07) is 17.6. The molecule has 2 aromatic heterocycles. The number of thioether (sulfide) groups is 1. The first-order chi connectivity index (χ1) is 16.1. The number of benzene rings is 2. The zero-order chi connectivity index (χ0) is 23.2. The Balaban J connectivity index is 1.52. The van der Waals surface area contributed by atoms with E-state index < -0.39 is 0 Å². The number of hydrogen-bond acceptors (Lipinski definition) is 6. The molecule has 0 atom stereocenters. The van der Waals surface area contributed by atoms with Crippen molar-refractivity contribution in [3.63, 3.8) is 0 Å². The zero-order valence-corrected chi connectivity index (χ0v) is 19.7. The standard InChI is InChI=1S/C24H26N6O2S/c1-4-30-23(20-15-29(2)28-22(20)18-11-8-12-19(13-18)32-3)26-27-24(30)33-16-21(31)25-14-17-9-6-5-7-10-17/h5-13,15H,4,14,16H2,1-3H3,(H,25,31). The van der Waals surface area contributed by atoms with Gasteiger partial charge in [0.2, 0.25) is 5.91 Å². The maximum absolute atomic E-state index is 12.4. The quantitative estimate of drug-likeness (QED) is 0.381. The molecule has 170 valence electrons. The van der Waals surface area contributed by atoms with Gasteiger partial charge in [0.15, 0.2) is 11.0 Å². The number of methoxy groups -OCH3 is 1. The van der Waals surface area contributed by atoms with Gasteiger partial charge in [0, 0.05) is 31.9 Å². The Morgan fingerprint density at radius 1 is 1.12 bits per heavy atom. The topological polar surface area (TPSA) is 86.9 Å². The normalized spacial score (nSPS) is 10.9. The van der Waals surface area contributed by atoms with Crippen molar-refractivity contribution in [3.05, 3.63) is 66.4 Å². The van der Waals surface area contributed by atoms with Crippen molar-refractivity contribution in [2.75, 3.05) is 12.9 Å². The molecule has 0 saturated heterocycles. The van der Waals surface area contributed by atoms with Crippen LogP contribution < -0.4 is 10.1 Å². The monoisotopic (exact) mass is 462 g/mol. The summed E-state index contributed by atoms with van der Waals surface area (Å²) in [5.41, 5.74) is 3.68. The Hall–Kier alpha value is -3.59. The van der Waals surface area contributed by atoms with Crippen LogP contribution in [-0.2, 0) is 24.9 Å². The minimum absolute atomic E-state index is 0.0468. The highest BCUT2D eigenvalue weighted by Gasteiger charge is 2.20. The van der Waals surface area contributed by atoms with E-state index in [1.165, 1.54) is 11.8 Å². The molecule has 4 rings (SSSR count). The summed E-state index contributed by atoms with van der Waals surface area (Å²) in [6.45, 7) is 3.21. The van der Waals surface area contributed by atoms with Crippen LogP contribution in [0, 0.1) is 0 Å². The van der Waals surface area contributed by atoms with Crippen LogP contribution in [0.25, 0.3) is 22.6 Å². The van der Waals surface area contributed by atoms with E-state index in [9.17, 15) is 4.79 Å². The number of rotatable bonds is 9. The molecule has 33 heavy (non-hydrogen) atoms. The van der Waals surface area contributed by atoms with Crippen molar-refractivity contribution in [2.24, 2.45) is 7.05 Å². The number of hydrogen-bond donors (Lipinski definition) is 1. The summed E-state index contributed by atoms with van der Waals surface area (Å²) < 4.78 is 9.15. The third-order valence-electron chi connectivity index (χ3n) is 5.11. The molecule has 9 heteroatoms. The fourth-order valence-electron chi connectivity index (χ4n) is 3.49. The average molecular weight is 463 g/mol. The minimum Gasteiger partial charge on any atom is -0.497 e. The molecule has 0 unspecified atom stereocenters. The maximum atomic E-state index is 12.4. The number of carbonyl (C=O) groups is 1. The third kappa shape index (κ3) is 5.25. The van der Waals surface area contributed by atoms with Crippen LogP contribution in [0.5, 0.6) is 5.75 Å². The molecule has 1 N–H and O–H groups in total. The number of nitrogens with zero attached hydrogens (tertiary/aromatic N) is 5. The Bertz CT molecular complexity index is 1230. The lowest BCUT2D eigenvalue weighted by atomic mass is 10.1. The average Bonchev–Trinajstić information content (AvgIpc) is 3.44. The number of aryl methyl sites for hydroxylation is 1. The number of nitrogens with one attached hydrogen (secondary N) is 1. The SMILES string of the molecule is CCn1c(SCC(=O)NCc2ccccc2)nnc1-c1cn(C)nc1-c1cccc(OC)c1. The minimum atomic E-state index is -0.0468. The summed E-state index contributed by atoms with van der Waals surface area (Å²) in [6.07, 6.45) is 1.94. The summed E-state index contributed by atoms with van der Waals surface area (Å²) in [7, 11) is 3.53. The highest BCUT2D eigenvalue weighted by atomic mass is 32.2. The van der Waals surface area contributed by atoms with Crippen molar-refractivity contribution >= 4 is 17.7 Å². The second kappa shape index (κ2) is 10.4. The molecule has 1 amide bonds. The van der Waals surface area contributed by atoms with Crippen LogP contribution >= 0.6 is 11.8 Å². The molecule has 0 aliphatic carbocycles. The molecular formula is C24H26N6O2S. The van der Waals surface area contributed by atoms with E-state index in [1.54, 1.807) is 11.8 Å². The molecule has 0 aliphatic rings. The van der Waals surface area contributed by atoms with E-state index in [-0.39, 0.29) is 11.7 Å². The van der Waals surface area contributed by atoms with Crippen LogP contribution in [0.1, 0.15) is 12.5 Å². The zero-order valence-electron chi connectivity index (χ0n) is 18.9. The van der Waals surface area contributed by atoms with Crippen LogP contribution in [0.2, 0.25) is 0 Å². The van der Waals surface area contributed by atoms with Gasteiger partial charge in [0.1, 0.15) is 11.4 Å². The predicted octanol–water partition coefficient (Wildman–Crippen LogP) is 3.78. The summed E-state index contributed by atoms with van der Waals surface area (Å²) in [5, 5.41) is 17.1. The molecule has 0 aliphatic heterocycles. The molecule has 0 fully saturated rings. The van der Waals surface area contributed by atoms with Crippen molar-refractivity contribution in [3.8, 4) is 28.4 Å². The third-order valence-corrected chi connectivity index (χ3v) is 6.08. The molecule has 2 aromatic carbocycles. The number of carbonyl (C=O) groups excluding carboxylic acids is 1. The van der Waals surface area contributed by atoms with E-state index in [0.717, 1.165) is 34.0 Å². The Morgan fingerprint density at radius 2 is 1.94 bits per heavy atom. The van der Waals surface area contributed by atoms with Crippen LogP contribution in [0.15, 0.2) is 66.0 Å². The maximum Gasteiger partial charge on any atom is 0.230 e. The fourth-order valence-corrected chi connectivity index (χ4v) is 4.33. The fraction of sp³-hybridized carbons (Fsp3) is 0.250. The summed E-state index contributed by atoms with van der Waals surface area (Å²) >= 11 is 1.38. The second-order valence-electron chi connectivity index (χ2n) is 7.40. The lowest BCUT2D eigenvalue weighted by Crippen LogP contribution is -2.24. The summed E-state index contributed by atoms with van der Waals surface area (Å²) in [5.74, 6) is 1.70. The summed E-state index contributed by atoms with van der Waals surface area (Å²) in [4.78, 5) is 12.4. The van der Waals surface area contributed by atoms with E-state index in [0.29, 0.717) is 18.2 Å². The van der Waals surface area contributed by atoms with Gasteiger partial charge in [-0.2, -0.15) is 5.10 Å². The smallest absolute Gasteiger partial charge is 0.230 e. The van der Waals surface area contributed by atoms with Gasteiger partial charge in [-0.1, -0.05) is 54.2 Å². The molecule has 0 saturated carbocycles. The highest BCUT2D eigenvalue weighted by molar-refractivity contribution is 7.99. The molecule has 0 radical (unpaired) electrons. The van der Waals surface area contributed by atoms with Gasteiger partial charge in [0.25, 0.3) is 0 Å². The van der Waals surface area contributed by atoms with E-state index >= 15 is 0 Å². The van der Waals surface area contributed by atoms with Gasteiger partial charge in [-0.3, -0.25) is 9.48 Å². The Morgan fingerprint density at radius 3 is 2.70 bits per heavy atom. The first-order valence-corrected chi connectivity index (χ1v) is 11.6. The van der Waals surface area contributed by atoms with Gasteiger partial charge in [-0.15, -0.1) is 10.2 Å². The van der Waals surface area contributed by atoms with Gasteiger partial charge in [0.05, 0.1) is 18.4 Å². The molecule has 2 heterocycles. The van der Waals surface area contributed by atoms with Crippen molar-refractivity contribution in [1.82, 2.24) is 29.9 Å². The molecule has 8 nitrogen and oxygen atoms in total. The van der Waals surface area contributed by atoms with Gasteiger partial charge in [-0.25, -0.2) is 0 Å². The lowest BCUT2D eigenvalue weighted by molar-refractivity contribution is -0.118.